The molecule has 0 radical (unpaired) electrons. The molecule has 32 heavy (non-hydrogen) atoms. The number of benzene rings is 2. The molecule has 0 spiro atoms. The van der Waals surface area contributed by atoms with Gasteiger partial charge >= 0.3 is 0 Å². The lowest BCUT2D eigenvalue weighted by atomic mass is 10.2. The minimum Gasteiger partial charge on any atom is -0.508 e. The van der Waals surface area contributed by atoms with Crippen LogP contribution in [0.5, 0.6) is 5.75 Å². The number of phenols is 1. The number of aromatic hydroxyl groups is 1. The second-order valence-electron chi connectivity index (χ2n) is 6.78. The molecule has 1 aliphatic rings. The molecule has 3 amide bonds. The number of hydrogen-bond acceptors (Lipinski definition) is 6. The summed E-state index contributed by atoms with van der Waals surface area (Å²) in [5.41, 5.74) is 5.97. The molecule has 2 aromatic carbocycles. The number of rotatable bonds is 7. The first kappa shape index (κ1) is 23.2. The van der Waals surface area contributed by atoms with E-state index in [1.54, 1.807) is 6.08 Å². The molecule has 3 rings (SSSR count). The fourth-order valence-electron chi connectivity index (χ4n) is 2.79. The lowest BCUT2D eigenvalue weighted by Crippen LogP contribution is -2.41. The van der Waals surface area contributed by atoms with Crippen molar-refractivity contribution in [3.8, 4) is 5.75 Å². The average molecular weight is 468 g/mol. The van der Waals surface area contributed by atoms with Crippen molar-refractivity contribution in [2.45, 2.75) is 12.8 Å². The molecule has 1 saturated heterocycles. The van der Waals surface area contributed by atoms with Crippen molar-refractivity contribution in [1.82, 2.24) is 15.8 Å². The number of carbonyl (C=O) groups is 3. The molecule has 2 aromatic rings. The van der Waals surface area contributed by atoms with E-state index in [1.807, 2.05) is 42.5 Å². The van der Waals surface area contributed by atoms with Gasteiger partial charge in [0.05, 0.1) is 4.91 Å². The molecule has 7 nitrogen and oxygen atoms in total. The van der Waals surface area contributed by atoms with Crippen LogP contribution in [0.1, 0.15) is 28.8 Å². The second-order valence-corrected chi connectivity index (χ2v) is 8.45. The third-order valence-electron chi connectivity index (χ3n) is 4.44. The lowest BCUT2D eigenvalue weighted by Gasteiger charge is -2.14. The van der Waals surface area contributed by atoms with Gasteiger partial charge in [0, 0.05) is 18.5 Å². The van der Waals surface area contributed by atoms with Gasteiger partial charge in [0.15, 0.2) is 0 Å². The summed E-state index contributed by atoms with van der Waals surface area (Å²) in [6.07, 6.45) is 5.95. The Hall–Kier alpha value is -3.43. The van der Waals surface area contributed by atoms with Gasteiger partial charge < -0.3 is 5.11 Å². The van der Waals surface area contributed by atoms with E-state index in [2.05, 4.69) is 10.9 Å². The smallest absolute Gasteiger partial charge is 0.269 e. The number of allylic oxidation sites excluding steroid dienone is 2. The number of carbonyl (C=O) groups excluding carboxylic acids is 3. The van der Waals surface area contributed by atoms with Gasteiger partial charge in [-0.2, -0.15) is 0 Å². The standard InChI is InChI=1S/C23H21N3O4S2/c27-18-13-11-17(12-14-18)21(29)25-24-20(28)10-5-15-26-22(30)19(32-23(26)31)9-4-8-16-6-2-1-3-7-16/h1-4,6-9,11-14,27H,5,10,15H2,(H,24,28)(H,25,29). The third-order valence-corrected chi connectivity index (χ3v) is 5.84. The molecule has 0 aromatic heterocycles. The third kappa shape index (κ3) is 6.53. The Morgan fingerprint density at radius 2 is 1.78 bits per heavy atom. The van der Waals surface area contributed by atoms with E-state index in [1.165, 1.54) is 40.9 Å². The Balaban J connectivity index is 1.42. The Morgan fingerprint density at radius 1 is 1.06 bits per heavy atom. The average Bonchev–Trinajstić information content (AvgIpc) is 3.06. The van der Waals surface area contributed by atoms with Crippen LogP contribution in [-0.4, -0.2) is 38.6 Å². The molecule has 9 heteroatoms. The maximum Gasteiger partial charge on any atom is 0.269 e. The molecule has 0 aliphatic carbocycles. The number of nitrogens with zero attached hydrogens (tertiary/aromatic N) is 1. The first-order chi connectivity index (χ1) is 15.4. The quantitative estimate of drug-likeness (QED) is 0.328. The van der Waals surface area contributed by atoms with Gasteiger partial charge in [-0.05, 0) is 42.3 Å². The van der Waals surface area contributed by atoms with E-state index in [0.717, 1.165) is 5.56 Å². The zero-order valence-electron chi connectivity index (χ0n) is 17.0. The van der Waals surface area contributed by atoms with Crippen LogP contribution in [0.2, 0.25) is 0 Å². The zero-order valence-corrected chi connectivity index (χ0v) is 18.6. The van der Waals surface area contributed by atoms with Gasteiger partial charge in [-0.25, -0.2) is 0 Å². The van der Waals surface area contributed by atoms with E-state index >= 15 is 0 Å². The van der Waals surface area contributed by atoms with Crippen molar-refractivity contribution in [2.24, 2.45) is 0 Å². The van der Waals surface area contributed by atoms with Gasteiger partial charge in [-0.1, -0.05) is 66.5 Å². The summed E-state index contributed by atoms with van der Waals surface area (Å²) < 4.78 is 0.454. The SMILES string of the molecule is O=C(CCCN1C(=O)C(=CC=Cc2ccccc2)SC1=S)NNC(=O)c1ccc(O)cc1. The number of thioether (sulfide) groups is 1. The number of thiocarbonyl (C=S) groups is 1. The molecule has 0 unspecified atom stereocenters. The molecule has 3 N–H and O–H groups in total. The summed E-state index contributed by atoms with van der Waals surface area (Å²) in [5, 5.41) is 9.24. The molecule has 1 aliphatic heterocycles. The first-order valence-electron chi connectivity index (χ1n) is 9.79. The van der Waals surface area contributed by atoms with Crippen molar-refractivity contribution in [3.05, 3.63) is 82.8 Å². The van der Waals surface area contributed by atoms with Crippen LogP contribution < -0.4 is 10.9 Å². The number of hydrogen-bond donors (Lipinski definition) is 3. The molecule has 0 atom stereocenters. The highest BCUT2D eigenvalue weighted by Crippen LogP contribution is 2.31. The summed E-state index contributed by atoms with van der Waals surface area (Å²) >= 11 is 6.52. The maximum absolute atomic E-state index is 12.6. The minimum atomic E-state index is -0.496. The van der Waals surface area contributed by atoms with Gasteiger partial charge in [0.1, 0.15) is 10.1 Å². The lowest BCUT2D eigenvalue weighted by molar-refractivity contribution is -0.124. The van der Waals surface area contributed by atoms with Crippen molar-refractivity contribution in [3.63, 3.8) is 0 Å². The Morgan fingerprint density at radius 3 is 2.50 bits per heavy atom. The topological polar surface area (TPSA) is 98.7 Å². The molecule has 0 bridgehead atoms. The summed E-state index contributed by atoms with van der Waals surface area (Å²) in [5.74, 6) is -1.02. The molecular weight excluding hydrogens is 446 g/mol. The van der Waals surface area contributed by atoms with Gasteiger partial charge in [-0.3, -0.25) is 30.1 Å². The van der Waals surface area contributed by atoms with Gasteiger partial charge in [0.2, 0.25) is 5.91 Å². The Bertz CT molecular complexity index is 1070. The monoisotopic (exact) mass is 467 g/mol. The fraction of sp³-hybridized carbons (Fsp3) is 0.130. The van der Waals surface area contributed by atoms with Crippen LogP contribution in [0.15, 0.2) is 71.7 Å². The van der Waals surface area contributed by atoms with Crippen LogP contribution >= 0.6 is 24.0 Å². The normalized spacial score (nSPS) is 14.9. The number of phenolic OH excluding ortho intramolecular Hbond substituents is 1. The van der Waals surface area contributed by atoms with Crippen LogP contribution in [-0.2, 0) is 9.59 Å². The highest BCUT2D eigenvalue weighted by Gasteiger charge is 2.31. The van der Waals surface area contributed by atoms with E-state index in [4.69, 9.17) is 12.2 Å². The van der Waals surface area contributed by atoms with Gasteiger partial charge in [0.25, 0.3) is 11.8 Å². The van der Waals surface area contributed by atoms with Crippen LogP contribution in [0.4, 0.5) is 0 Å². The van der Waals surface area contributed by atoms with Crippen LogP contribution in [0, 0.1) is 0 Å². The zero-order chi connectivity index (χ0) is 22.9. The summed E-state index contributed by atoms with van der Waals surface area (Å²) in [7, 11) is 0. The van der Waals surface area contributed by atoms with Crippen LogP contribution in [0.25, 0.3) is 6.08 Å². The summed E-state index contributed by atoms with van der Waals surface area (Å²) in [6, 6.07) is 15.4. The van der Waals surface area contributed by atoms with Crippen LogP contribution in [0.3, 0.4) is 0 Å². The second kappa shape index (κ2) is 11.3. The van der Waals surface area contributed by atoms with E-state index in [9.17, 15) is 19.5 Å². The maximum atomic E-state index is 12.6. The molecule has 0 saturated carbocycles. The number of nitrogens with one attached hydrogen (secondary N) is 2. The van der Waals surface area contributed by atoms with Crippen molar-refractivity contribution in [1.29, 1.82) is 0 Å². The minimum absolute atomic E-state index is 0.0448. The summed E-state index contributed by atoms with van der Waals surface area (Å²) in [6.45, 7) is 0.309. The van der Waals surface area contributed by atoms with Crippen molar-refractivity contribution < 1.29 is 19.5 Å². The van der Waals surface area contributed by atoms with Crippen molar-refractivity contribution in [2.75, 3.05) is 6.54 Å². The fourth-order valence-corrected chi connectivity index (χ4v) is 4.05. The van der Waals surface area contributed by atoms with Crippen molar-refractivity contribution >= 4 is 52.1 Å². The van der Waals surface area contributed by atoms with E-state index in [-0.39, 0.29) is 24.0 Å². The molecule has 164 valence electrons. The Labute approximate surface area is 195 Å². The number of hydrazine groups is 1. The predicted molar refractivity (Wildman–Crippen MR) is 128 cm³/mol. The largest absolute Gasteiger partial charge is 0.508 e. The highest BCUT2D eigenvalue weighted by atomic mass is 32.2. The van der Waals surface area contributed by atoms with E-state index in [0.29, 0.717) is 27.8 Å². The molecule has 1 heterocycles. The Kier molecular flexibility index (Phi) is 8.18. The first-order valence-corrected chi connectivity index (χ1v) is 11.0. The number of amides is 3. The van der Waals surface area contributed by atoms with Gasteiger partial charge in [-0.15, -0.1) is 0 Å². The van der Waals surface area contributed by atoms with E-state index < -0.39 is 5.91 Å². The predicted octanol–water partition coefficient (Wildman–Crippen LogP) is 3.39. The molecule has 1 fully saturated rings. The molecular formula is C23H21N3O4S2. The highest BCUT2D eigenvalue weighted by molar-refractivity contribution is 8.26. The summed E-state index contributed by atoms with van der Waals surface area (Å²) in [4.78, 5) is 38.5.